The zero-order valence-electron chi connectivity index (χ0n) is 10.3. The van der Waals surface area contributed by atoms with Gasteiger partial charge in [0.15, 0.2) is 0 Å². The molecular weight excluding hydrogens is 272 g/mol. The Bertz CT molecular complexity index is 775. The van der Waals surface area contributed by atoms with Crippen molar-refractivity contribution in [2.24, 2.45) is 5.10 Å². The summed E-state index contributed by atoms with van der Waals surface area (Å²) < 4.78 is 1.94. The van der Waals surface area contributed by atoms with E-state index in [1.807, 2.05) is 30.3 Å². The van der Waals surface area contributed by atoms with Gasteiger partial charge in [-0.25, -0.2) is 5.10 Å². The number of aromatic nitrogens is 5. The lowest BCUT2D eigenvalue weighted by molar-refractivity contribution is 0.867. The second-order valence-electron chi connectivity index (χ2n) is 3.91. The van der Waals surface area contributed by atoms with Gasteiger partial charge in [0.1, 0.15) is 5.69 Å². The molecular formula is C13H10N6S. The van der Waals surface area contributed by atoms with Crippen LogP contribution in [0.15, 0.2) is 54.0 Å². The highest BCUT2D eigenvalue weighted by Crippen LogP contribution is 2.13. The summed E-state index contributed by atoms with van der Waals surface area (Å²) in [5.74, 6) is 0.566. The Morgan fingerprint density at radius 3 is 2.90 bits per heavy atom. The highest BCUT2D eigenvalue weighted by atomic mass is 32.1. The lowest BCUT2D eigenvalue weighted by atomic mass is 10.3. The fourth-order valence-electron chi connectivity index (χ4n) is 1.64. The molecule has 0 amide bonds. The maximum absolute atomic E-state index is 5.18. The molecule has 6 nitrogen and oxygen atoms in total. The van der Waals surface area contributed by atoms with Gasteiger partial charge in [-0.15, -0.1) is 0 Å². The smallest absolute Gasteiger partial charge is 0.216 e. The normalized spacial score (nSPS) is 11.0. The molecule has 0 aliphatic heterocycles. The van der Waals surface area contributed by atoms with E-state index in [4.69, 9.17) is 12.2 Å². The van der Waals surface area contributed by atoms with Gasteiger partial charge in [-0.05, 0) is 30.4 Å². The van der Waals surface area contributed by atoms with Gasteiger partial charge in [-0.1, -0.05) is 12.1 Å². The van der Waals surface area contributed by atoms with Crippen LogP contribution in [0.3, 0.4) is 0 Å². The predicted octanol–water partition coefficient (Wildman–Crippen LogP) is 2.28. The third-order valence-corrected chi connectivity index (χ3v) is 2.82. The summed E-state index contributed by atoms with van der Waals surface area (Å²) in [5.41, 5.74) is 1.57. The van der Waals surface area contributed by atoms with Crippen molar-refractivity contribution in [2.75, 3.05) is 0 Å². The Morgan fingerprint density at radius 1 is 1.20 bits per heavy atom. The van der Waals surface area contributed by atoms with E-state index >= 15 is 0 Å². The Hall–Kier alpha value is -2.67. The number of nitrogens with zero attached hydrogens (tertiary/aromatic N) is 5. The van der Waals surface area contributed by atoms with Gasteiger partial charge in [0.2, 0.25) is 10.6 Å². The second-order valence-corrected chi connectivity index (χ2v) is 4.30. The summed E-state index contributed by atoms with van der Waals surface area (Å²) in [4.78, 5) is 8.27. The molecule has 0 aliphatic rings. The van der Waals surface area contributed by atoms with Crippen LogP contribution in [0.5, 0.6) is 0 Å². The average Bonchev–Trinajstić information content (AvgIpc) is 2.88. The van der Waals surface area contributed by atoms with E-state index in [9.17, 15) is 0 Å². The lowest BCUT2D eigenvalue weighted by Gasteiger charge is -1.99. The molecule has 0 aliphatic carbocycles. The molecule has 0 saturated carbocycles. The zero-order chi connectivity index (χ0) is 13.8. The van der Waals surface area contributed by atoms with Gasteiger partial charge in [-0.2, -0.15) is 14.9 Å². The molecule has 3 rings (SSSR count). The van der Waals surface area contributed by atoms with Crippen molar-refractivity contribution < 1.29 is 0 Å². The number of aromatic amines is 1. The number of rotatable bonds is 3. The van der Waals surface area contributed by atoms with Crippen molar-refractivity contribution >= 4 is 18.4 Å². The summed E-state index contributed by atoms with van der Waals surface area (Å²) in [5, 5.41) is 11.2. The van der Waals surface area contributed by atoms with Crippen molar-refractivity contribution in [3.05, 3.63) is 59.3 Å². The van der Waals surface area contributed by atoms with Crippen LogP contribution < -0.4 is 0 Å². The minimum absolute atomic E-state index is 0.408. The Balaban J connectivity index is 2.01. The minimum atomic E-state index is 0.408. The van der Waals surface area contributed by atoms with Crippen LogP contribution in [-0.2, 0) is 0 Å². The first-order chi connectivity index (χ1) is 9.84. The van der Waals surface area contributed by atoms with Crippen molar-refractivity contribution in [2.45, 2.75) is 0 Å². The molecule has 98 valence electrons. The maximum Gasteiger partial charge on any atom is 0.216 e. The van der Waals surface area contributed by atoms with Crippen molar-refractivity contribution in [3.63, 3.8) is 0 Å². The first kappa shape index (κ1) is 12.4. The van der Waals surface area contributed by atoms with Crippen LogP contribution in [0.2, 0.25) is 0 Å². The molecule has 20 heavy (non-hydrogen) atoms. The number of H-pyrrole nitrogens is 1. The Morgan fingerprint density at radius 2 is 2.15 bits per heavy atom. The molecule has 3 aromatic rings. The molecule has 0 unspecified atom stereocenters. The summed E-state index contributed by atoms with van der Waals surface area (Å²) in [6, 6.07) is 9.32. The molecule has 7 heteroatoms. The van der Waals surface area contributed by atoms with E-state index in [0.29, 0.717) is 16.3 Å². The average molecular weight is 282 g/mol. The summed E-state index contributed by atoms with van der Waals surface area (Å²) >= 11 is 5.18. The molecule has 0 spiro atoms. The predicted molar refractivity (Wildman–Crippen MR) is 77.9 cm³/mol. The number of hydrogen-bond acceptors (Lipinski definition) is 5. The Kier molecular flexibility index (Phi) is 3.42. The van der Waals surface area contributed by atoms with Crippen molar-refractivity contribution in [3.8, 4) is 11.5 Å². The summed E-state index contributed by atoms with van der Waals surface area (Å²) in [6.45, 7) is 0. The van der Waals surface area contributed by atoms with Gasteiger partial charge in [-0.3, -0.25) is 9.97 Å². The fraction of sp³-hybridized carbons (Fsp3) is 0. The second kappa shape index (κ2) is 5.54. The van der Waals surface area contributed by atoms with Crippen molar-refractivity contribution in [1.82, 2.24) is 24.8 Å². The third-order valence-electron chi connectivity index (χ3n) is 2.55. The van der Waals surface area contributed by atoms with Crippen LogP contribution in [0.4, 0.5) is 0 Å². The molecule has 0 fully saturated rings. The highest BCUT2D eigenvalue weighted by Gasteiger charge is 2.08. The van der Waals surface area contributed by atoms with E-state index in [2.05, 4.69) is 25.3 Å². The van der Waals surface area contributed by atoms with E-state index in [1.165, 1.54) is 4.68 Å². The van der Waals surface area contributed by atoms with Crippen LogP contribution in [0.1, 0.15) is 5.56 Å². The van der Waals surface area contributed by atoms with Crippen LogP contribution in [-0.4, -0.2) is 31.1 Å². The third kappa shape index (κ3) is 2.52. The van der Waals surface area contributed by atoms with Gasteiger partial charge in [0.05, 0.1) is 6.21 Å². The van der Waals surface area contributed by atoms with E-state index in [0.717, 1.165) is 5.56 Å². The van der Waals surface area contributed by atoms with Gasteiger partial charge < -0.3 is 0 Å². The maximum atomic E-state index is 5.18. The van der Waals surface area contributed by atoms with Crippen LogP contribution >= 0.6 is 12.2 Å². The molecule has 0 aromatic carbocycles. The fourth-order valence-corrected chi connectivity index (χ4v) is 1.82. The highest BCUT2D eigenvalue weighted by molar-refractivity contribution is 7.71. The van der Waals surface area contributed by atoms with E-state index in [-0.39, 0.29) is 0 Å². The molecule has 3 aromatic heterocycles. The SMILES string of the molecule is S=c1[nH]nc(-c2ccccn2)n1/N=C\c1cccnc1. The van der Waals surface area contributed by atoms with Gasteiger partial charge >= 0.3 is 0 Å². The number of pyridine rings is 2. The lowest BCUT2D eigenvalue weighted by Crippen LogP contribution is -1.96. The van der Waals surface area contributed by atoms with Gasteiger partial charge in [0.25, 0.3) is 0 Å². The van der Waals surface area contributed by atoms with E-state index < -0.39 is 0 Å². The van der Waals surface area contributed by atoms with Crippen LogP contribution in [0, 0.1) is 4.77 Å². The quantitative estimate of drug-likeness (QED) is 0.591. The molecule has 3 heterocycles. The molecule has 0 radical (unpaired) electrons. The van der Waals surface area contributed by atoms with Crippen molar-refractivity contribution in [1.29, 1.82) is 0 Å². The summed E-state index contributed by atoms with van der Waals surface area (Å²) in [7, 11) is 0. The number of nitrogens with one attached hydrogen (secondary N) is 1. The van der Waals surface area contributed by atoms with Crippen LogP contribution in [0.25, 0.3) is 11.5 Å². The first-order valence-corrected chi connectivity index (χ1v) is 6.28. The summed E-state index contributed by atoms with van der Waals surface area (Å²) in [6.07, 6.45) is 6.79. The topological polar surface area (TPSA) is 71.8 Å². The molecule has 0 atom stereocenters. The Labute approximate surface area is 119 Å². The van der Waals surface area contributed by atoms with Gasteiger partial charge in [0, 0.05) is 24.2 Å². The monoisotopic (exact) mass is 282 g/mol. The molecule has 0 saturated heterocycles. The zero-order valence-corrected chi connectivity index (χ0v) is 11.2. The molecule has 0 bridgehead atoms. The van der Waals surface area contributed by atoms with E-state index in [1.54, 1.807) is 24.8 Å². The minimum Gasteiger partial charge on any atom is -0.264 e. The number of hydrogen-bond donors (Lipinski definition) is 1. The molecule has 1 N–H and O–H groups in total. The first-order valence-electron chi connectivity index (χ1n) is 5.88. The largest absolute Gasteiger partial charge is 0.264 e. The standard InChI is InChI=1S/C13H10N6S/c20-13-18-17-12(11-5-1-2-7-15-11)19(13)16-9-10-4-3-6-14-8-10/h1-9H,(H,18,20)/b16-9-.